The van der Waals surface area contributed by atoms with Gasteiger partial charge in [-0.3, -0.25) is 19.0 Å². The van der Waals surface area contributed by atoms with E-state index in [4.69, 9.17) is 0 Å². The molecule has 0 saturated heterocycles. The molecule has 3 heterocycles. The number of fused-ring (bicyclic) bond motifs is 4. The molecular formula is C21H19N3O3S. The first-order valence-corrected chi connectivity index (χ1v) is 10.3. The Morgan fingerprint density at radius 3 is 3.07 bits per heavy atom. The fraction of sp³-hybridized carbons (Fsp3) is 0.333. The van der Waals surface area contributed by atoms with Crippen molar-refractivity contribution >= 4 is 38.9 Å². The van der Waals surface area contributed by atoms with Crippen LogP contribution >= 0.6 is 11.3 Å². The number of ketones is 1. The van der Waals surface area contributed by atoms with Crippen molar-refractivity contribution in [1.82, 2.24) is 9.55 Å². The Bertz CT molecular complexity index is 1210. The van der Waals surface area contributed by atoms with Crippen molar-refractivity contribution in [2.45, 2.75) is 39.2 Å². The van der Waals surface area contributed by atoms with Gasteiger partial charge in [0.05, 0.1) is 24.7 Å². The number of carbonyl (C=O) groups is 2. The Balaban J connectivity index is 1.48. The van der Waals surface area contributed by atoms with Gasteiger partial charge in [-0.1, -0.05) is 6.92 Å². The minimum Gasteiger partial charge on any atom is -0.326 e. The zero-order valence-electron chi connectivity index (χ0n) is 15.4. The number of hydrogen-bond acceptors (Lipinski definition) is 5. The Kier molecular flexibility index (Phi) is 3.94. The maximum atomic E-state index is 13.1. The van der Waals surface area contributed by atoms with Crippen molar-refractivity contribution in [3.8, 4) is 0 Å². The smallest absolute Gasteiger partial charge is 0.262 e. The van der Waals surface area contributed by atoms with Gasteiger partial charge >= 0.3 is 0 Å². The molecule has 0 fully saturated rings. The van der Waals surface area contributed by atoms with E-state index in [9.17, 15) is 14.4 Å². The van der Waals surface area contributed by atoms with Gasteiger partial charge in [0, 0.05) is 16.1 Å². The Morgan fingerprint density at radius 1 is 1.36 bits per heavy atom. The van der Waals surface area contributed by atoms with Crippen LogP contribution in [-0.2, 0) is 30.6 Å². The monoisotopic (exact) mass is 393 g/mol. The topological polar surface area (TPSA) is 81.1 Å². The van der Waals surface area contributed by atoms with E-state index in [1.165, 1.54) is 15.8 Å². The van der Waals surface area contributed by atoms with Crippen LogP contribution in [-0.4, -0.2) is 21.2 Å². The molecule has 1 aliphatic carbocycles. The Hall–Kier alpha value is -2.80. The standard InChI is InChI=1S/C21H19N3O3S/c1-11-2-4-14-17(6-11)28-20-19(14)21(27)24(10-22-20)9-16(25)12-3-5-15-13(7-12)8-18(26)23-15/h3,5,7,10-11H,2,4,6,8-9H2,1H3,(H,23,26)/t11-/m0/s1. The second kappa shape index (κ2) is 6.38. The van der Waals surface area contributed by atoms with Crippen LogP contribution in [0.2, 0.25) is 0 Å². The molecular weight excluding hydrogens is 374 g/mol. The molecule has 0 spiro atoms. The number of carbonyl (C=O) groups excluding carboxylic acids is 2. The summed E-state index contributed by atoms with van der Waals surface area (Å²) in [5, 5.41) is 3.44. The SMILES string of the molecule is C[C@H]1CCc2c(sc3ncn(CC(=O)c4ccc5c(c4)CC(=O)N5)c(=O)c23)C1. The molecule has 2 aliphatic rings. The van der Waals surface area contributed by atoms with E-state index in [0.29, 0.717) is 16.9 Å². The number of aryl methyl sites for hydroxylation is 1. The number of aromatic nitrogens is 2. The summed E-state index contributed by atoms with van der Waals surface area (Å²) in [6.45, 7) is 2.18. The van der Waals surface area contributed by atoms with Crippen molar-refractivity contribution in [2.24, 2.45) is 5.92 Å². The number of anilines is 1. The first-order valence-electron chi connectivity index (χ1n) is 9.45. The molecule has 3 aromatic rings. The molecule has 1 N–H and O–H groups in total. The van der Waals surface area contributed by atoms with E-state index in [1.807, 2.05) is 0 Å². The highest BCUT2D eigenvalue weighted by Gasteiger charge is 2.24. The van der Waals surface area contributed by atoms with Gasteiger partial charge in [-0.2, -0.15) is 0 Å². The van der Waals surface area contributed by atoms with Crippen LogP contribution in [0.3, 0.4) is 0 Å². The van der Waals surface area contributed by atoms with Gasteiger partial charge in [0.2, 0.25) is 5.91 Å². The summed E-state index contributed by atoms with van der Waals surface area (Å²) in [5.74, 6) is 0.399. The molecule has 0 radical (unpaired) electrons. The number of rotatable bonds is 3. The van der Waals surface area contributed by atoms with Gasteiger partial charge in [0.1, 0.15) is 4.83 Å². The lowest BCUT2D eigenvalue weighted by atomic mass is 9.89. The molecule has 28 heavy (non-hydrogen) atoms. The quantitative estimate of drug-likeness (QED) is 0.694. The van der Waals surface area contributed by atoms with Crippen molar-refractivity contribution in [3.05, 3.63) is 56.4 Å². The number of benzene rings is 1. The second-order valence-corrected chi connectivity index (χ2v) is 8.81. The van der Waals surface area contributed by atoms with Crippen LogP contribution in [0.5, 0.6) is 0 Å². The lowest BCUT2D eigenvalue weighted by Crippen LogP contribution is -2.25. The first-order chi connectivity index (χ1) is 13.5. The van der Waals surface area contributed by atoms with Gasteiger partial charge in [0.25, 0.3) is 5.56 Å². The minimum absolute atomic E-state index is 0.0526. The van der Waals surface area contributed by atoms with Crippen molar-refractivity contribution < 1.29 is 9.59 Å². The largest absolute Gasteiger partial charge is 0.326 e. The molecule has 1 aliphatic heterocycles. The van der Waals surface area contributed by atoms with E-state index >= 15 is 0 Å². The maximum absolute atomic E-state index is 13.1. The average Bonchev–Trinajstić information content (AvgIpc) is 3.22. The van der Waals surface area contributed by atoms with E-state index in [-0.39, 0.29) is 30.2 Å². The normalized spacial score (nSPS) is 18.0. The summed E-state index contributed by atoms with van der Waals surface area (Å²) in [6.07, 6.45) is 4.73. The van der Waals surface area contributed by atoms with Gasteiger partial charge < -0.3 is 5.32 Å². The van der Waals surface area contributed by atoms with E-state index in [1.54, 1.807) is 29.5 Å². The molecule has 6 nitrogen and oxygen atoms in total. The van der Waals surface area contributed by atoms with Gasteiger partial charge in [-0.15, -0.1) is 11.3 Å². The third kappa shape index (κ3) is 2.77. The average molecular weight is 393 g/mol. The summed E-state index contributed by atoms with van der Waals surface area (Å²) in [5.41, 5.74) is 3.06. The van der Waals surface area contributed by atoms with Gasteiger partial charge in [-0.25, -0.2) is 4.98 Å². The number of nitrogens with zero attached hydrogens (tertiary/aromatic N) is 2. The maximum Gasteiger partial charge on any atom is 0.262 e. The second-order valence-electron chi connectivity index (χ2n) is 7.73. The van der Waals surface area contributed by atoms with Crippen LogP contribution in [0.25, 0.3) is 10.2 Å². The van der Waals surface area contributed by atoms with Crippen molar-refractivity contribution in [2.75, 3.05) is 5.32 Å². The number of nitrogens with one attached hydrogen (secondary N) is 1. The van der Waals surface area contributed by atoms with Crippen LogP contribution in [0, 0.1) is 5.92 Å². The summed E-state index contributed by atoms with van der Waals surface area (Å²) in [6, 6.07) is 5.17. The number of thiophene rings is 1. The molecule has 0 saturated carbocycles. The van der Waals surface area contributed by atoms with E-state index in [0.717, 1.165) is 40.9 Å². The summed E-state index contributed by atoms with van der Waals surface area (Å²) in [4.78, 5) is 43.8. The predicted molar refractivity (Wildman–Crippen MR) is 108 cm³/mol. The van der Waals surface area contributed by atoms with Gasteiger partial charge in [0.15, 0.2) is 5.78 Å². The third-order valence-electron chi connectivity index (χ3n) is 5.65. The van der Waals surface area contributed by atoms with Gasteiger partial charge in [-0.05, 0) is 54.5 Å². The van der Waals surface area contributed by atoms with Crippen molar-refractivity contribution in [3.63, 3.8) is 0 Å². The first kappa shape index (κ1) is 17.3. The highest BCUT2D eigenvalue weighted by Crippen LogP contribution is 2.35. The summed E-state index contributed by atoms with van der Waals surface area (Å²) >= 11 is 1.61. The zero-order valence-corrected chi connectivity index (χ0v) is 16.3. The lowest BCUT2D eigenvalue weighted by Gasteiger charge is -2.17. The van der Waals surface area contributed by atoms with E-state index in [2.05, 4.69) is 17.2 Å². The molecule has 7 heteroatoms. The Morgan fingerprint density at radius 2 is 2.21 bits per heavy atom. The van der Waals surface area contributed by atoms with Crippen LogP contribution < -0.4 is 10.9 Å². The molecule has 0 bridgehead atoms. The predicted octanol–water partition coefficient (Wildman–Crippen LogP) is 2.96. The number of hydrogen-bond donors (Lipinski definition) is 1. The Labute approximate surface area is 165 Å². The third-order valence-corrected chi connectivity index (χ3v) is 6.81. The highest BCUT2D eigenvalue weighted by atomic mass is 32.1. The highest BCUT2D eigenvalue weighted by molar-refractivity contribution is 7.18. The summed E-state index contributed by atoms with van der Waals surface area (Å²) in [7, 11) is 0. The fourth-order valence-corrected chi connectivity index (χ4v) is 5.47. The molecule has 2 aromatic heterocycles. The fourth-order valence-electron chi connectivity index (χ4n) is 4.13. The molecule has 142 valence electrons. The zero-order chi connectivity index (χ0) is 19.4. The van der Waals surface area contributed by atoms with Crippen LogP contribution in [0.4, 0.5) is 5.69 Å². The summed E-state index contributed by atoms with van der Waals surface area (Å²) < 4.78 is 1.41. The molecule has 1 atom stereocenters. The number of Topliss-reactive ketones (excluding diaryl/α,β-unsaturated/α-hetero) is 1. The van der Waals surface area contributed by atoms with Crippen LogP contribution in [0.15, 0.2) is 29.3 Å². The van der Waals surface area contributed by atoms with E-state index < -0.39 is 0 Å². The van der Waals surface area contributed by atoms with Crippen LogP contribution in [0.1, 0.15) is 39.7 Å². The molecule has 1 aromatic carbocycles. The lowest BCUT2D eigenvalue weighted by molar-refractivity contribution is -0.115. The minimum atomic E-state index is -0.164. The molecule has 1 amide bonds. The molecule has 0 unspecified atom stereocenters. The van der Waals surface area contributed by atoms with Crippen molar-refractivity contribution in [1.29, 1.82) is 0 Å². The molecule has 5 rings (SSSR count). The number of amides is 1.